The molecule has 1 unspecified atom stereocenters. The molecular weight excluding hydrogens is 315 g/mol. The summed E-state index contributed by atoms with van der Waals surface area (Å²) in [7, 11) is -3.47. The lowest BCUT2D eigenvalue weighted by Crippen LogP contribution is -2.40. The van der Waals surface area contributed by atoms with Crippen molar-refractivity contribution in [2.24, 2.45) is 0 Å². The van der Waals surface area contributed by atoms with Crippen molar-refractivity contribution in [3.8, 4) is 0 Å². The molecular formula is C17H39O3PS. The summed E-state index contributed by atoms with van der Waals surface area (Å²) in [5.41, 5.74) is 0. The topological polar surface area (TPSA) is 43.4 Å². The molecule has 5 heteroatoms. The zero-order chi connectivity index (χ0) is 16.2. The van der Waals surface area contributed by atoms with Crippen molar-refractivity contribution in [3.05, 3.63) is 0 Å². The lowest BCUT2D eigenvalue weighted by atomic mass is 9.90. The van der Waals surface area contributed by atoms with Crippen LogP contribution in [0.5, 0.6) is 0 Å². The minimum Gasteiger partial charge on any atom is -0.270 e. The first kappa shape index (κ1) is 24.6. The molecule has 0 fully saturated rings. The summed E-state index contributed by atoms with van der Waals surface area (Å²) in [6, 6.07) is 0. The van der Waals surface area contributed by atoms with E-state index in [-0.39, 0.29) is 9.90 Å². The maximum Gasteiger partial charge on any atom is 0.273 e. The third kappa shape index (κ3) is 8.26. The highest BCUT2D eigenvalue weighted by Crippen LogP contribution is 2.36. The van der Waals surface area contributed by atoms with Gasteiger partial charge in [-0.1, -0.05) is 72.6 Å². The largest absolute Gasteiger partial charge is 0.273 e. The van der Waals surface area contributed by atoms with Gasteiger partial charge in [0, 0.05) is 0 Å². The van der Waals surface area contributed by atoms with E-state index in [0.717, 1.165) is 70.6 Å². The second-order valence-electron chi connectivity index (χ2n) is 6.12. The summed E-state index contributed by atoms with van der Waals surface area (Å²) in [4.78, 5) is 0. The van der Waals surface area contributed by atoms with Gasteiger partial charge >= 0.3 is 0 Å². The van der Waals surface area contributed by atoms with Crippen molar-refractivity contribution in [1.29, 1.82) is 0 Å². The Hall–Kier alpha value is 0.340. The molecule has 0 spiro atoms. The second kappa shape index (κ2) is 13.7. The van der Waals surface area contributed by atoms with Crippen LogP contribution in [0, 0.1) is 0 Å². The highest BCUT2D eigenvalue weighted by Gasteiger charge is 2.42. The van der Waals surface area contributed by atoms with Crippen molar-refractivity contribution in [2.45, 2.75) is 103 Å². The molecule has 0 saturated carbocycles. The van der Waals surface area contributed by atoms with Crippen LogP contribution in [0.3, 0.4) is 0 Å². The Kier molecular flexibility index (Phi) is 15.4. The molecule has 22 heavy (non-hydrogen) atoms. The number of hydrogen-bond acceptors (Lipinski definition) is 3. The van der Waals surface area contributed by atoms with Gasteiger partial charge in [0.05, 0.1) is 11.4 Å². The van der Waals surface area contributed by atoms with E-state index in [4.69, 9.17) is 4.18 Å². The molecule has 0 N–H and O–H groups in total. The van der Waals surface area contributed by atoms with Crippen LogP contribution >= 0.6 is 9.90 Å². The van der Waals surface area contributed by atoms with E-state index in [2.05, 4.69) is 27.7 Å². The van der Waals surface area contributed by atoms with Gasteiger partial charge in [0.2, 0.25) is 0 Å². The van der Waals surface area contributed by atoms with Crippen molar-refractivity contribution in [1.82, 2.24) is 0 Å². The normalized spacial score (nSPS) is 12.2. The first-order chi connectivity index (χ1) is 9.99. The van der Waals surface area contributed by atoms with Crippen molar-refractivity contribution in [2.75, 3.05) is 6.61 Å². The molecule has 136 valence electrons. The van der Waals surface area contributed by atoms with Crippen LogP contribution in [0.15, 0.2) is 0 Å². The van der Waals surface area contributed by atoms with Gasteiger partial charge in [0.15, 0.2) is 0 Å². The summed E-state index contributed by atoms with van der Waals surface area (Å²) >= 11 is 0. The van der Waals surface area contributed by atoms with Crippen molar-refractivity contribution in [3.63, 3.8) is 0 Å². The molecule has 0 heterocycles. The lowest BCUT2D eigenvalue weighted by Gasteiger charge is -2.33. The SMILES string of the molecule is CCCCOS(=O)(=O)C(CCCC)(CCCC)CCCC.P. The van der Waals surface area contributed by atoms with E-state index >= 15 is 0 Å². The quantitative estimate of drug-likeness (QED) is 0.235. The molecule has 0 radical (unpaired) electrons. The smallest absolute Gasteiger partial charge is 0.270 e. The average molecular weight is 355 g/mol. The molecule has 0 bridgehead atoms. The molecule has 0 saturated heterocycles. The first-order valence-corrected chi connectivity index (χ1v) is 10.3. The first-order valence-electron chi connectivity index (χ1n) is 8.88. The van der Waals surface area contributed by atoms with Crippen LogP contribution in [-0.2, 0) is 14.3 Å². The Bertz CT molecular complexity index is 320. The molecule has 0 aromatic carbocycles. The molecule has 1 atom stereocenters. The molecule has 0 aliphatic rings. The predicted octanol–water partition coefficient (Wildman–Crippen LogP) is 5.50. The van der Waals surface area contributed by atoms with Crippen LogP contribution < -0.4 is 0 Å². The Morgan fingerprint density at radius 2 is 1.09 bits per heavy atom. The van der Waals surface area contributed by atoms with E-state index in [1.807, 2.05) is 0 Å². The molecule has 0 aliphatic carbocycles. The Morgan fingerprint density at radius 1 is 0.727 bits per heavy atom. The van der Waals surface area contributed by atoms with E-state index < -0.39 is 14.9 Å². The molecule has 0 rings (SSSR count). The Balaban J connectivity index is 0. The fourth-order valence-corrected chi connectivity index (χ4v) is 4.46. The van der Waals surface area contributed by atoms with Crippen LogP contribution in [-0.4, -0.2) is 19.8 Å². The van der Waals surface area contributed by atoms with Gasteiger partial charge in [-0.2, -0.15) is 18.3 Å². The number of unbranched alkanes of at least 4 members (excludes halogenated alkanes) is 4. The monoisotopic (exact) mass is 354 g/mol. The van der Waals surface area contributed by atoms with Gasteiger partial charge in [-0.05, 0) is 25.7 Å². The summed E-state index contributed by atoms with van der Waals surface area (Å²) in [6.45, 7) is 8.75. The van der Waals surface area contributed by atoms with E-state index in [1.54, 1.807) is 0 Å². The fraction of sp³-hybridized carbons (Fsp3) is 1.00. The van der Waals surface area contributed by atoms with Crippen LogP contribution in [0.25, 0.3) is 0 Å². The predicted molar refractivity (Wildman–Crippen MR) is 102 cm³/mol. The lowest BCUT2D eigenvalue weighted by molar-refractivity contribution is 0.272. The van der Waals surface area contributed by atoms with Gasteiger partial charge in [0.25, 0.3) is 10.1 Å². The maximum atomic E-state index is 12.8. The van der Waals surface area contributed by atoms with Gasteiger partial charge in [-0.25, -0.2) is 0 Å². The molecule has 0 aromatic heterocycles. The molecule has 0 aliphatic heterocycles. The molecule has 3 nitrogen and oxygen atoms in total. The van der Waals surface area contributed by atoms with Gasteiger partial charge in [-0.3, -0.25) is 4.18 Å². The molecule has 0 amide bonds. The van der Waals surface area contributed by atoms with E-state index in [1.165, 1.54) is 0 Å². The third-order valence-electron chi connectivity index (χ3n) is 4.22. The van der Waals surface area contributed by atoms with Gasteiger partial charge < -0.3 is 0 Å². The van der Waals surface area contributed by atoms with Crippen LogP contribution in [0.2, 0.25) is 0 Å². The highest BCUT2D eigenvalue weighted by molar-refractivity contribution is 7.88. The second-order valence-corrected chi connectivity index (χ2v) is 8.13. The zero-order valence-corrected chi connectivity index (χ0v) is 17.6. The van der Waals surface area contributed by atoms with Crippen molar-refractivity contribution >= 4 is 20.0 Å². The summed E-state index contributed by atoms with van der Waals surface area (Å²) in [6.07, 6.45) is 10.00. The minimum absolute atomic E-state index is 0. The summed E-state index contributed by atoms with van der Waals surface area (Å²) < 4.78 is 30.4. The maximum absolute atomic E-state index is 12.8. The van der Waals surface area contributed by atoms with E-state index in [0.29, 0.717) is 6.61 Å². The van der Waals surface area contributed by atoms with Gasteiger partial charge in [-0.15, -0.1) is 0 Å². The zero-order valence-electron chi connectivity index (χ0n) is 15.3. The van der Waals surface area contributed by atoms with Gasteiger partial charge in [0.1, 0.15) is 0 Å². The Morgan fingerprint density at radius 3 is 1.41 bits per heavy atom. The standard InChI is InChI=1S/C17H36O3S.H3P/c1-5-9-13-17(14-10-6-2,15-11-7-3)21(18,19)20-16-12-8-4;/h5-16H2,1-4H3;1H3. The summed E-state index contributed by atoms with van der Waals surface area (Å²) in [5, 5.41) is 0. The van der Waals surface area contributed by atoms with Crippen LogP contribution in [0.1, 0.15) is 98.3 Å². The average Bonchev–Trinajstić information content (AvgIpc) is 2.46. The summed E-state index contributed by atoms with van der Waals surface area (Å²) in [5.74, 6) is 0. The Labute approximate surface area is 142 Å². The van der Waals surface area contributed by atoms with Crippen LogP contribution in [0.4, 0.5) is 0 Å². The molecule has 0 aromatic rings. The number of hydrogen-bond donors (Lipinski definition) is 0. The van der Waals surface area contributed by atoms with Crippen molar-refractivity contribution < 1.29 is 12.6 Å². The minimum atomic E-state index is -3.47. The number of rotatable bonds is 14. The van der Waals surface area contributed by atoms with E-state index in [9.17, 15) is 8.42 Å². The fourth-order valence-electron chi connectivity index (χ4n) is 2.68. The highest BCUT2D eigenvalue weighted by atomic mass is 32.2. The third-order valence-corrected chi connectivity index (χ3v) is 6.37.